The lowest BCUT2D eigenvalue weighted by atomic mass is 10.0. The fourth-order valence-electron chi connectivity index (χ4n) is 3.30. The van der Waals surface area contributed by atoms with E-state index in [4.69, 9.17) is 0 Å². The molecule has 2 aliphatic rings. The van der Waals surface area contributed by atoms with Gasteiger partial charge in [0.15, 0.2) is 5.13 Å². The van der Waals surface area contributed by atoms with E-state index in [9.17, 15) is 4.79 Å². The zero-order valence-electron chi connectivity index (χ0n) is 12.1. The van der Waals surface area contributed by atoms with Crippen LogP contribution < -0.4 is 10.2 Å². The molecule has 1 aromatic heterocycles. The fourth-order valence-corrected chi connectivity index (χ4v) is 4.22. The molecule has 6 heteroatoms. The average molecular weight is 294 g/mol. The number of carbonyl (C=O) groups excluding carboxylic acids is 1. The second-order valence-electron chi connectivity index (χ2n) is 5.76. The molecule has 1 amide bonds. The third-order valence-corrected chi connectivity index (χ3v) is 5.23. The first-order valence-corrected chi connectivity index (χ1v) is 8.21. The summed E-state index contributed by atoms with van der Waals surface area (Å²) in [6, 6.07) is 0. The molecule has 0 aromatic carbocycles. The molecule has 1 aromatic rings. The first-order chi connectivity index (χ1) is 9.67. The van der Waals surface area contributed by atoms with Gasteiger partial charge in [-0.15, -0.1) is 11.3 Å². The summed E-state index contributed by atoms with van der Waals surface area (Å²) in [6.45, 7) is 9.86. The van der Waals surface area contributed by atoms with E-state index in [1.807, 2.05) is 6.92 Å². The molecule has 0 bridgehead atoms. The molecule has 1 N–H and O–H groups in total. The molecule has 20 heavy (non-hydrogen) atoms. The number of rotatable bonds is 4. The Balaban J connectivity index is 1.61. The first-order valence-electron chi connectivity index (χ1n) is 7.33. The second-order valence-corrected chi connectivity index (χ2v) is 6.59. The highest BCUT2D eigenvalue weighted by Gasteiger charge is 2.36. The molecular weight excluding hydrogens is 272 g/mol. The molecule has 3 heterocycles. The van der Waals surface area contributed by atoms with Crippen LogP contribution in [0.1, 0.15) is 19.5 Å². The van der Waals surface area contributed by atoms with Crippen LogP contribution in [0.5, 0.6) is 0 Å². The van der Waals surface area contributed by atoms with Crippen LogP contribution in [-0.2, 0) is 11.3 Å². The Labute approximate surface area is 124 Å². The SMILES string of the molecule is CCN(C(C)=O)c1nc(CN2CC3CNCC3C2)cs1. The van der Waals surface area contributed by atoms with Crippen LogP contribution in [0, 0.1) is 11.8 Å². The summed E-state index contributed by atoms with van der Waals surface area (Å²) in [7, 11) is 0. The minimum Gasteiger partial charge on any atom is -0.316 e. The Bertz CT molecular complexity index is 477. The minimum atomic E-state index is 0.0650. The quantitative estimate of drug-likeness (QED) is 0.905. The molecule has 3 rings (SSSR count). The van der Waals surface area contributed by atoms with Crippen molar-refractivity contribution in [2.45, 2.75) is 20.4 Å². The van der Waals surface area contributed by atoms with Crippen molar-refractivity contribution in [2.75, 3.05) is 37.6 Å². The molecule has 2 fully saturated rings. The van der Waals surface area contributed by atoms with Crippen molar-refractivity contribution in [1.29, 1.82) is 0 Å². The van der Waals surface area contributed by atoms with Gasteiger partial charge < -0.3 is 5.32 Å². The highest BCUT2D eigenvalue weighted by Crippen LogP contribution is 2.28. The van der Waals surface area contributed by atoms with Gasteiger partial charge in [0.1, 0.15) is 0 Å². The zero-order valence-corrected chi connectivity index (χ0v) is 12.9. The van der Waals surface area contributed by atoms with E-state index in [0.29, 0.717) is 6.54 Å². The van der Waals surface area contributed by atoms with Crippen LogP contribution >= 0.6 is 11.3 Å². The van der Waals surface area contributed by atoms with E-state index in [0.717, 1.165) is 42.3 Å². The summed E-state index contributed by atoms with van der Waals surface area (Å²) < 4.78 is 0. The molecule has 0 spiro atoms. The summed E-state index contributed by atoms with van der Waals surface area (Å²) in [5, 5.41) is 6.38. The van der Waals surface area contributed by atoms with Crippen molar-refractivity contribution in [1.82, 2.24) is 15.2 Å². The van der Waals surface area contributed by atoms with Crippen molar-refractivity contribution in [2.24, 2.45) is 11.8 Å². The number of anilines is 1. The lowest BCUT2D eigenvalue weighted by molar-refractivity contribution is -0.116. The third kappa shape index (κ3) is 2.73. The third-order valence-electron chi connectivity index (χ3n) is 4.32. The van der Waals surface area contributed by atoms with Crippen LogP contribution in [-0.4, -0.2) is 48.5 Å². The van der Waals surface area contributed by atoms with E-state index in [2.05, 4.69) is 20.6 Å². The maximum absolute atomic E-state index is 11.5. The maximum atomic E-state index is 11.5. The van der Waals surface area contributed by atoms with Gasteiger partial charge in [0.2, 0.25) is 5.91 Å². The number of amides is 1. The fraction of sp³-hybridized carbons (Fsp3) is 0.714. The largest absolute Gasteiger partial charge is 0.316 e. The Kier molecular flexibility index (Phi) is 4.05. The van der Waals surface area contributed by atoms with Crippen LogP contribution in [0.15, 0.2) is 5.38 Å². The number of hydrogen-bond acceptors (Lipinski definition) is 5. The second kappa shape index (κ2) is 5.79. The van der Waals surface area contributed by atoms with Gasteiger partial charge in [-0.05, 0) is 31.8 Å². The Hall–Kier alpha value is -0.980. The van der Waals surface area contributed by atoms with Crippen LogP contribution in [0.25, 0.3) is 0 Å². The van der Waals surface area contributed by atoms with Crippen molar-refractivity contribution in [3.63, 3.8) is 0 Å². The van der Waals surface area contributed by atoms with Crippen molar-refractivity contribution in [3.05, 3.63) is 11.1 Å². The Morgan fingerprint density at radius 3 is 2.80 bits per heavy atom. The van der Waals surface area contributed by atoms with Gasteiger partial charge in [0.05, 0.1) is 5.69 Å². The maximum Gasteiger partial charge on any atom is 0.225 e. The molecule has 5 nitrogen and oxygen atoms in total. The van der Waals surface area contributed by atoms with Crippen molar-refractivity contribution < 1.29 is 4.79 Å². The van der Waals surface area contributed by atoms with Gasteiger partial charge in [-0.25, -0.2) is 4.98 Å². The number of hydrogen-bond donors (Lipinski definition) is 1. The topological polar surface area (TPSA) is 48.5 Å². The molecule has 2 saturated heterocycles. The standard InChI is InChI=1S/C14H22N4OS/c1-3-18(10(2)19)14-16-13(9-20-14)8-17-6-11-4-15-5-12(11)7-17/h9,11-12,15H,3-8H2,1-2H3. The van der Waals surface area contributed by atoms with Gasteiger partial charge in [-0.1, -0.05) is 0 Å². The summed E-state index contributed by atoms with van der Waals surface area (Å²) in [6.07, 6.45) is 0. The van der Waals surface area contributed by atoms with E-state index in [-0.39, 0.29) is 5.91 Å². The monoisotopic (exact) mass is 294 g/mol. The van der Waals surface area contributed by atoms with Gasteiger partial charge >= 0.3 is 0 Å². The molecule has 110 valence electrons. The van der Waals surface area contributed by atoms with Crippen molar-refractivity contribution in [3.8, 4) is 0 Å². The highest BCUT2D eigenvalue weighted by atomic mass is 32.1. The van der Waals surface area contributed by atoms with Gasteiger partial charge in [0, 0.05) is 38.5 Å². The number of thiazole rings is 1. The predicted octanol–water partition coefficient (Wildman–Crippen LogP) is 1.17. The summed E-state index contributed by atoms with van der Waals surface area (Å²) in [4.78, 5) is 20.4. The summed E-state index contributed by atoms with van der Waals surface area (Å²) >= 11 is 1.57. The van der Waals surface area contributed by atoms with E-state index < -0.39 is 0 Å². The summed E-state index contributed by atoms with van der Waals surface area (Å²) in [5.41, 5.74) is 1.10. The number of fused-ring (bicyclic) bond motifs is 1. The van der Waals surface area contributed by atoms with Crippen LogP contribution in [0.2, 0.25) is 0 Å². The molecular formula is C14H22N4OS. The smallest absolute Gasteiger partial charge is 0.225 e. The van der Waals surface area contributed by atoms with Gasteiger partial charge in [-0.2, -0.15) is 0 Å². The predicted molar refractivity (Wildman–Crippen MR) is 80.9 cm³/mol. The number of nitrogens with zero attached hydrogens (tertiary/aromatic N) is 3. The van der Waals surface area contributed by atoms with Crippen LogP contribution in [0.3, 0.4) is 0 Å². The zero-order chi connectivity index (χ0) is 14.1. The van der Waals surface area contributed by atoms with Gasteiger partial charge in [-0.3, -0.25) is 14.6 Å². The Morgan fingerprint density at radius 1 is 1.50 bits per heavy atom. The normalized spacial score (nSPS) is 25.9. The van der Waals surface area contributed by atoms with Crippen LogP contribution in [0.4, 0.5) is 5.13 Å². The number of carbonyl (C=O) groups is 1. The van der Waals surface area contributed by atoms with E-state index in [1.54, 1.807) is 23.2 Å². The molecule has 0 radical (unpaired) electrons. The van der Waals surface area contributed by atoms with Gasteiger partial charge in [0.25, 0.3) is 0 Å². The molecule has 0 aliphatic carbocycles. The van der Waals surface area contributed by atoms with E-state index >= 15 is 0 Å². The number of aromatic nitrogens is 1. The molecule has 2 unspecified atom stereocenters. The first kappa shape index (κ1) is 14.0. The van der Waals surface area contributed by atoms with Crippen molar-refractivity contribution >= 4 is 22.4 Å². The lowest BCUT2D eigenvalue weighted by Crippen LogP contribution is -2.28. The highest BCUT2D eigenvalue weighted by molar-refractivity contribution is 7.14. The molecule has 0 saturated carbocycles. The lowest BCUT2D eigenvalue weighted by Gasteiger charge is -2.16. The summed E-state index contributed by atoms with van der Waals surface area (Å²) in [5.74, 6) is 1.70. The minimum absolute atomic E-state index is 0.0650. The number of likely N-dealkylation sites (tertiary alicyclic amines) is 1. The Morgan fingerprint density at radius 2 is 2.20 bits per heavy atom. The van der Waals surface area contributed by atoms with E-state index in [1.165, 1.54) is 13.1 Å². The molecule has 2 atom stereocenters. The molecule has 2 aliphatic heterocycles. The average Bonchev–Trinajstić information content (AvgIpc) is 3.06. The number of nitrogens with one attached hydrogen (secondary N) is 1.